The lowest BCUT2D eigenvalue weighted by molar-refractivity contribution is -0.136. The fourth-order valence-corrected chi connectivity index (χ4v) is 4.74. The molecule has 3 atom stereocenters. The molecule has 0 bridgehead atoms. The van der Waals surface area contributed by atoms with Gasteiger partial charge in [-0.25, -0.2) is 13.2 Å². The van der Waals surface area contributed by atoms with Crippen molar-refractivity contribution in [1.82, 2.24) is 15.5 Å². The smallest absolute Gasteiger partial charge is 0.315 e. The Kier molecular flexibility index (Phi) is 5.31. The molecule has 0 aliphatic carbocycles. The lowest BCUT2D eigenvalue weighted by atomic mass is 10.0. The Balaban J connectivity index is 1.82. The van der Waals surface area contributed by atoms with Gasteiger partial charge in [0.1, 0.15) is 6.04 Å². The lowest BCUT2D eigenvalue weighted by Gasteiger charge is -2.35. The maximum atomic E-state index is 12.4. The van der Waals surface area contributed by atoms with E-state index in [0.717, 1.165) is 25.8 Å². The molecule has 0 saturated carbocycles. The second-order valence-corrected chi connectivity index (χ2v) is 8.54. The van der Waals surface area contributed by atoms with Crippen molar-refractivity contribution in [2.75, 3.05) is 18.1 Å². The van der Waals surface area contributed by atoms with E-state index in [1.54, 1.807) is 6.92 Å². The van der Waals surface area contributed by atoms with Crippen LogP contribution < -0.4 is 10.6 Å². The van der Waals surface area contributed by atoms with E-state index in [9.17, 15) is 18.0 Å². The van der Waals surface area contributed by atoms with Crippen LogP contribution in [-0.2, 0) is 14.6 Å². The van der Waals surface area contributed by atoms with Crippen molar-refractivity contribution in [2.24, 2.45) is 0 Å². The van der Waals surface area contributed by atoms with Crippen molar-refractivity contribution < 1.29 is 18.0 Å². The van der Waals surface area contributed by atoms with Crippen LogP contribution in [0.1, 0.15) is 39.5 Å². The Morgan fingerprint density at radius 2 is 1.95 bits per heavy atom. The molecule has 2 heterocycles. The van der Waals surface area contributed by atoms with Crippen LogP contribution in [0.5, 0.6) is 0 Å². The van der Waals surface area contributed by atoms with Gasteiger partial charge in [-0.1, -0.05) is 0 Å². The number of nitrogens with one attached hydrogen (secondary N) is 2. The van der Waals surface area contributed by atoms with Crippen molar-refractivity contribution in [3.05, 3.63) is 0 Å². The Hall–Kier alpha value is -1.31. The molecule has 0 spiro atoms. The first-order valence-electron chi connectivity index (χ1n) is 7.86. The topological polar surface area (TPSA) is 95.6 Å². The second-order valence-electron chi connectivity index (χ2n) is 6.32. The minimum atomic E-state index is -3.03. The Morgan fingerprint density at radius 1 is 1.23 bits per heavy atom. The molecule has 2 aliphatic heterocycles. The average Bonchev–Trinajstić information content (AvgIpc) is 2.77. The summed E-state index contributed by atoms with van der Waals surface area (Å²) in [6.07, 6.45) is 3.55. The van der Waals surface area contributed by atoms with Gasteiger partial charge in [0, 0.05) is 18.6 Å². The number of likely N-dealkylation sites (tertiary alicyclic amines) is 1. The first-order valence-corrected chi connectivity index (χ1v) is 9.68. The van der Waals surface area contributed by atoms with Gasteiger partial charge >= 0.3 is 6.03 Å². The first kappa shape index (κ1) is 17.1. The van der Waals surface area contributed by atoms with Crippen LogP contribution in [0.25, 0.3) is 0 Å². The minimum absolute atomic E-state index is 0.0219. The average molecular weight is 331 g/mol. The molecule has 2 fully saturated rings. The zero-order valence-corrected chi connectivity index (χ0v) is 14.0. The number of carbonyl (C=O) groups is 2. The van der Waals surface area contributed by atoms with E-state index in [2.05, 4.69) is 10.6 Å². The molecule has 0 aromatic heterocycles. The molecule has 0 radical (unpaired) electrons. The highest BCUT2D eigenvalue weighted by molar-refractivity contribution is 7.91. The van der Waals surface area contributed by atoms with Crippen molar-refractivity contribution in [2.45, 2.75) is 57.7 Å². The standard InChI is InChI=1S/C14H25N3O4S/c1-10-5-3-4-7-17(10)13(18)11(2)15-14(19)16-12-6-8-22(20,21)9-12/h10-12H,3-9H2,1-2H3,(H2,15,16,19)/t10-,11-,12-/m0/s1. The van der Waals surface area contributed by atoms with Crippen molar-refractivity contribution in [3.8, 4) is 0 Å². The van der Waals surface area contributed by atoms with Crippen molar-refractivity contribution in [3.63, 3.8) is 0 Å². The molecule has 126 valence electrons. The molecular formula is C14H25N3O4S. The van der Waals surface area contributed by atoms with E-state index in [1.807, 2.05) is 11.8 Å². The number of urea groups is 1. The van der Waals surface area contributed by atoms with Gasteiger partial charge in [-0.15, -0.1) is 0 Å². The van der Waals surface area contributed by atoms with Crippen LogP contribution in [0.4, 0.5) is 4.79 Å². The molecular weight excluding hydrogens is 306 g/mol. The molecule has 2 rings (SSSR count). The molecule has 7 nitrogen and oxygen atoms in total. The third-order valence-corrected chi connectivity index (χ3v) is 6.14. The molecule has 2 N–H and O–H groups in total. The third kappa shape index (κ3) is 4.34. The molecule has 0 unspecified atom stereocenters. The lowest BCUT2D eigenvalue weighted by Crippen LogP contribution is -2.54. The molecule has 2 saturated heterocycles. The summed E-state index contributed by atoms with van der Waals surface area (Å²) < 4.78 is 22.7. The first-order chi connectivity index (χ1) is 10.3. The van der Waals surface area contributed by atoms with E-state index in [0.29, 0.717) is 6.42 Å². The van der Waals surface area contributed by atoms with Gasteiger partial charge in [-0.2, -0.15) is 0 Å². The number of amides is 3. The third-order valence-electron chi connectivity index (χ3n) is 4.37. The molecule has 22 heavy (non-hydrogen) atoms. The Morgan fingerprint density at radius 3 is 2.55 bits per heavy atom. The highest BCUT2D eigenvalue weighted by atomic mass is 32.2. The summed E-state index contributed by atoms with van der Waals surface area (Å²) >= 11 is 0. The summed E-state index contributed by atoms with van der Waals surface area (Å²) in [5.41, 5.74) is 0. The Labute approximate surface area is 131 Å². The van der Waals surface area contributed by atoms with Gasteiger partial charge in [0.15, 0.2) is 9.84 Å². The summed E-state index contributed by atoms with van der Waals surface area (Å²) in [7, 11) is -3.03. The highest BCUT2D eigenvalue weighted by Crippen LogP contribution is 2.17. The van der Waals surface area contributed by atoms with Gasteiger partial charge < -0.3 is 15.5 Å². The predicted octanol–water partition coefficient (Wildman–Crippen LogP) is 0.262. The van der Waals surface area contributed by atoms with Crippen LogP contribution >= 0.6 is 0 Å². The predicted molar refractivity (Wildman–Crippen MR) is 83.2 cm³/mol. The van der Waals surface area contributed by atoms with Gasteiger partial charge in [0.25, 0.3) is 0 Å². The number of rotatable bonds is 3. The van der Waals surface area contributed by atoms with Gasteiger partial charge in [-0.3, -0.25) is 4.79 Å². The fourth-order valence-electron chi connectivity index (χ4n) is 3.07. The monoisotopic (exact) mass is 331 g/mol. The molecule has 2 aliphatic rings. The largest absolute Gasteiger partial charge is 0.338 e. The number of sulfone groups is 1. The summed E-state index contributed by atoms with van der Waals surface area (Å²) in [6.45, 7) is 4.41. The SMILES string of the molecule is C[C@H](NC(=O)N[C@H]1CCS(=O)(=O)C1)C(=O)N1CCCC[C@@H]1C. The summed E-state index contributed by atoms with van der Waals surface area (Å²) in [5, 5.41) is 5.25. The van der Waals surface area contributed by atoms with Crippen LogP contribution in [0, 0.1) is 0 Å². The normalized spacial score (nSPS) is 28.9. The number of hydrogen-bond acceptors (Lipinski definition) is 4. The van der Waals surface area contributed by atoms with E-state index < -0.39 is 21.9 Å². The summed E-state index contributed by atoms with van der Waals surface area (Å²) in [6, 6.07) is -1.25. The maximum absolute atomic E-state index is 12.4. The second kappa shape index (κ2) is 6.85. The van der Waals surface area contributed by atoms with E-state index in [-0.39, 0.29) is 29.5 Å². The van der Waals surface area contributed by atoms with E-state index >= 15 is 0 Å². The maximum Gasteiger partial charge on any atom is 0.315 e. The highest BCUT2D eigenvalue weighted by Gasteiger charge is 2.31. The fraction of sp³-hybridized carbons (Fsp3) is 0.857. The van der Waals surface area contributed by atoms with Crippen LogP contribution in [0.15, 0.2) is 0 Å². The van der Waals surface area contributed by atoms with Crippen LogP contribution in [-0.4, -0.2) is 61.4 Å². The summed E-state index contributed by atoms with van der Waals surface area (Å²) in [4.78, 5) is 26.1. The number of nitrogens with zero attached hydrogens (tertiary/aromatic N) is 1. The Bertz CT molecular complexity index is 534. The van der Waals surface area contributed by atoms with Crippen molar-refractivity contribution >= 4 is 21.8 Å². The molecule has 0 aromatic rings. The molecule has 0 aromatic carbocycles. The van der Waals surface area contributed by atoms with Gasteiger partial charge in [-0.05, 0) is 39.5 Å². The van der Waals surface area contributed by atoms with E-state index in [4.69, 9.17) is 0 Å². The zero-order chi connectivity index (χ0) is 16.3. The van der Waals surface area contributed by atoms with Crippen molar-refractivity contribution in [1.29, 1.82) is 0 Å². The quantitative estimate of drug-likeness (QED) is 0.775. The number of hydrogen-bond donors (Lipinski definition) is 2. The van der Waals surface area contributed by atoms with Gasteiger partial charge in [0.05, 0.1) is 11.5 Å². The number of carbonyl (C=O) groups excluding carboxylic acids is 2. The molecule has 3 amide bonds. The molecule has 8 heteroatoms. The van der Waals surface area contributed by atoms with Crippen LogP contribution in [0.2, 0.25) is 0 Å². The summed E-state index contributed by atoms with van der Waals surface area (Å²) in [5.74, 6) is 0.00489. The zero-order valence-electron chi connectivity index (χ0n) is 13.2. The number of piperidine rings is 1. The van der Waals surface area contributed by atoms with E-state index in [1.165, 1.54) is 0 Å². The van der Waals surface area contributed by atoms with Crippen LogP contribution in [0.3, 0.4) is 0 Å². The minimum Gasteiger partial charge on any atom is -0.338 e. The van der Waals surface area contributed by atoms with Gasteiger partial charge in [0.2, 0.25) is 5.91 Å².